The minimum Gasteiger partial charge on any atom is -0.347 e. The smallest absolute Gasteiger partial charge is 0.231 e. The van der Waals surface area contributed by atoms with Gasteiger partial charge in [0.25, 0.3) is 0 Å². The van der Waals surface area contributed by atoms with E-state index in [9.17, 15) is 4.79 Å². The SMILES string of the molecule is Cc1cccnc1C(NC(=O)CSc1nncn1C)C1CC1. The number of nitrogens with zero attached hydrogens (tertiary/aromatic N) is 4. The van der Waals surface area contributed by atoms with Crippen LogP contribution >= 0.6 is 11.8 Å². The second kappa shape index (κ2) is 6.48. The van der Waals surface area contributed by atoms with Gasteiger partial charge in [-0.15, -0.1) is 10.2 Å². The summed E-state index contributed by atoms with van der Waals surface area (Å²) in [7, 11) is 1.87. The molecular formula is C15H19N5OS. The standard InChI is InChI=1S/C15H19N5OS/c1-10-4-3-7-16-13(10)14(11-5-6-11)18-12(21)8-22-15-19-17-9-20(15)2/h3-4,7,9,11,14H,5-6,8H2,1-2H3,(H,18,21). The van der Waals surface area contributed by atoms with E-state index in [1.54, 1.807) is 17.1 Å². The van der Waals surface area contributed by atoms with Crippen molar-refractivity contribution in [2.45, 2.75) is 31.0 Å². The monoisotopic (exact) mass is 317 g/mol. The lowest BCUT2D eigenvalue weighted by atomic mass is 10.0. The maximum absolute atomic E-state index is 12.3. The van der Waals surface area contributed by atoms with Crippen molar-refractivity contribution in [1.82, 2.24) is 25.1 Å². The van der Waals surface area contributed by atoms with Crippen LogP contribution < -0.4 is 5.32 Å². The largest absolute Gasteiger partial charge is 0.347 e. The Labute approximate surface area is 133 Å². The zero-order valence-corrected chi connectivity index (χ0v) is 13.5. The molecule has 3 rings (SSSR count). The molecule has 1 saturated carbocycles. The van der Waals surface area contributed by atoms with Crippen LogP contribution in [-0.2, 0) is 11.8 Å². The Morgan fingerprint density at radius 1 is 1.55 bits per heavy atom. The molecule has 0 aliphatic heterocycles. The molecule has 6 nitrogen and oxygen atoms in total. The number of carbonyl (C=O) groups is 1. The molecule has 1 aliphatic carbocycles. The Hall–Kier alpha value is -1.89. The molecule has 0 saturated heterocycles. The molecule has 1 unspecified atom stereocenters. The summed E-state index contributed by atoms with van der Waals surface area (Å²) < 4.78 is 1.80. The van der Waals surface area contributed by atoms with Crippen LogP contribution in [-0.4, -0.2) is 31.4 Å². The van der Waals surface area contributed by atoms with Crippen molar-refractivity contribution in [3.63, 3.8) is 0 Å². The fourth-order valence-corrected chi connectivity index (χ4v) is 3.11. The van der Waals surface area contributed by atoms with Crippen LogP contribution in [0.3, 0.4) is 0 Å². The van der Waals surface area contributed by atoms with E-state index in [4.69, 9.17) is 0 Å². The number of hydrogen-bond acceptors (Lipinski definition) is 5. The third-order valence-corrected chi connectivity index (χ3v) is 4.79. The number of amides is 1. The average molecular weight is 317 g/mol. The number of carbonyl (C=O) groups excluding carboxylic acids is 1. The van der Waals surface area contributed by atoms with Crippen LogP contribution in [0.5, 0.6) is 0 Å². The highest BCUT2D eigenvalue weighted by Crippen LogP contribution is 2.41. The van der Waals surface area contributed by atoms with Crippen molar-refractivity contribution in [3.05, 3.63) is 35.9 Å². The van der Waals surface area contributed by atoms with Gasteiger partial charge in [-0.1, -0.05) is 17.8 Å². The summed E-state index contributed by atoms with van der Waals surface area (Å²) in [4.78, 5) is 16.7. The van der Waals surface area contributed by atoms with E-state index in [1.165, 1.54) is 11.8 Å². The van der Waals surface area contributed by atoms with Gasteiger partial charge in [-0.3, -0.25) is 9.78 Å². The van der Waals surface area contributed by atoms with Gasteiger partial charge < -0.3 is 9.88 Å². The highest BCUT2D eigenvalue weighted by Gasteiger charge is 2.35. The van der Waals surface area contributed by atoms with Gasteiger partial charge in [-0.2, -0.15) is 0 Å². The summed E-state index contributed by atoms with van der Waals surface area (Å²) in [5, 5.41) is 11.7. The van der Waals surface area contributed by atoms with E-state index in [1.807, 2.05) is 26.1 Å². The zero-order chi connectivity index (χ0) is 15.5. The van der Waals surface area contributed by atoms with Crippen molar-refractivity contribution in [1.29, 1.82) is 0 Å². The van der Waals surface area contributed by atoms with Gasteiger partial charge in [0.15, 0.2) is 5.16 Å². The molecule has 1 fully saturated rings. The third kappa shape index (κ3) is 3.47. The van der Waals surface area contributed by atoms with Crippen LogP contribution in [0.1, 0.15) is 30.1 Å². The van der Waals surface area contributed by atoms with Crippen LogP contribution in [0.25, 0.3) is 0 Å². The lowest BCUT2D eigenvalue weighted by Crippen LogP contribution is -2.32. The second-order valence-corrected chi connectivity index (χ2v) is 6.54. The molecule has 22 heavy (non-hydrogen) atoms. The molecule has 2 aromatic heterocycles. The van der Waals surface area contributed by atoms with Gasteiger partial charge in [0.2, 0.25) is 5.91 Å². The Morgan fingerprint density at radius 2 is 2.36 bits per heavy atom. The molecule has 1 N–H and O–H groups in total. The first-order valence-electron chi connectivity index (χ1n) is 7.33. The minimum atomic E-state index is 0.00922. The van der Waals surface area contributed by atoms with Crippen LogP contribution in [0.4, 0.5) is 0 Å². The number of pyridine rings is 1. The summed E-state index contributed by atoms with van der Waals surface area (Å²) in [6.07, 6.45) is 5.72. The van der Waals surface area contributed by atoms with Crippen molar-refractivity contribution in [2.24, 2.45) is 13.0 Å². The third-order valence-electron chi connectivity index (χ3n) is 3.76. The molecule has 7 heteroatoms. The average Bonchev–Trinajstić information content (AvgIpc) is 3.26. The van der Waals surface area contributed by atoms with E-state index in [0.29, 0.717) is 11.7 Å². The number of aryl methyl sites for hydroxylation is 2. The predicted octanol–water partition coefficient (Wildman–Crippen LogP) is 1.88. The highest BCUT2D eigenvalue weighted by molar-refractivity contribution is 7.99. The van der Waals surface area contributed by atoms with Crippen molar-refractivity contribution >= 4 is 17.7 Å². The fourth-order valence-electron chi connectivity index (χ4n) is 2.41. The van der Waals surface area contributed by atoms with E-state index in [-0.39, 0.29) is 11.9 Å². The summed E-state index contributed by atoms with van der Waals surface area (Å²) in [6, 6.07) is 3.99. The quantitative estimate of drug-likeness (QED) is 0.824. The second-order valence-electron chi connectivity index (χ2n) is 5.60. The van der Waals surface area contributed by atoms with Gasteiger partial charge >= 0.3 is 0 Å². The van der Waals surface area contributed by atoms with Gasteiger partial charge in [0.05, 0.1) is 17.5 Å². The first-order chi connectivity index (χ1) is 10.6. The van der Waals surface area contributed by atoms with Crippen molar-refractivity contribution in [3.8, 4) is 0 Å². The lowest BCUT2D eigenvalue weighted by Gasteiger charge is -2.19. The molecule has 1 aliphatic rings. The van der Waals surface area contributed by atoms with Gasteiger partial charge in [0.1, 0.15) is 6.33 Å². The first kappa shape index (κ1) is 15.0. The van der Waals surface area contributed by atoms with E-state index >= 15 is 0 Å². The zero-order valence-electron chi connectivity index (χ0n) is 12.7. The summed E-state index contributed by atoms with van der Waals surface area (Å²) in [5.74, 6) is 0.856. The molecule has 0 radical (unpaired) electrons. The van der Waals surface area contributed by atoms with Crippen LogP contribution in [0, 0.1) is 12.8 Å². The normalized spacial score (nSPS) is 15.5. The maximum Gasteiger partial charge on any atom is 0.231 e. The van der Waals surface area contributed by atoms with Crippen LogP contribution in [0.15, 0.2) is 29.8 Å². The molecule has 1 atom stereocenters. The van der Waals surface area contributed by atoms with E-state index in [2.05, 4.69) is 20.5 Å². The molecule has 1 amide bonds. The maximum atomic E-state index is 12.3. The fraction of sp³-hybridized carbons (Fsp3) is 0.467. The molecule has 0 spiro atoms. The topological polar surface area (TPSA) is 72.7 Å². The molecule has 116 valence electrons. The Kier molecular flexibility index (Phi) is 4.42. The Morgan fingerprint density at radius 3 is 3.00 bits per heavy atom. The molecule has 2 aromatic rings. The van der Waals surface area contributed by atoms with Crippen LogP contribution in [0.2, 0.25) is 0 Å². The summed E-state index contributed by atoms with van der Waals surface area (Å²) in [5.41, 5.74) is 2.11. The number of nitrogens with one attached hydrogen (secondary N) is 1. The lowest BCUT2D eigenvalue weighted by molar-refractivity contribution is -0.119. The minimum absolute atomic E-state index is 0.00922. The molecule has 0 bridgehead atoms. The van der Waals surface area contributed by atoms with Gasteiger partial charge in [0, 0.05) is 13.2 Å². The Bertz CT molecular complexity index is 667. The molecule has 2 heterocycles. The highest BCUT2D eigenvalue weighted by atomic mass is 32.2. The van der Waals surface area contributed by atoms with E-state index in [0.717, 1.165) is 29.3 Å². The summed E-state index contributed by atoms with van der Waals surface area (Å²) in [6.45, 7) is 2.04. The van der Waals surface area contributed by atoms with Gasteiger partial charge in [-0.05, 0) is 37.3 Å². The van der Waals surface area contributed by atoms with Crippen molar-refractivity contribution in [2.75, 3.05) is 5.75 Å². The Balaban J connectivity index is 1.63. The number of aromatic nitrogens is 4. The number of hydrogen-bond donors (Lipinski definition) is 1. The van der Waals surface area contributed by atoms with Gasteiger partial charge in [-0.25, -0.2) is 0 Å². The molecular weight excluding hydrogens is 298 g/mol. The number of rotatable bonds is 6. The van der Waals surface area contributed by atoms with E-state index < -0.39 is 0 Å². The summed E-state index contributed by atoms with van der Waals surface area (Å²) >= 11 is 1.39. The van der Waals surface area contributed by atoms with Crippen molar-refractivity contribution < 1.29 is 4.79 Å². The predicted molar refractivity (Wildman–Crippen MR) is 84.3 cm³/mol. The molecule has 0 aromatic carbocycles. The number of thioether (sulfide) groups is 1. The first-order valence-corrected chi connectivity index (χ1v) is 8.31.